The Morgan fingerprint density at radius 2 is 1.76 bits per heavy atom. The van der Waals surface area contributed by atoms with Gasteiger partial charge in [0.25, 0.3) is 5.91 Å². The van der Waals surface area contributed by atoms with Crippen LogP contribution in [0.2, 0.25) is 0 Å². The Morgan fingerprint density at radius 3 is 2.36 bits per heavy atom. The minimum Gasteiger partial charge on any atom is -0.386 e. The number of halogens is 1. The highest BCUT2D eigenvalue weighted by molar-refractivity contribution is 9.10. The van der Waals surface area contributed by atoms with Crippen molar-refractivity contribution in [2.75, 3.05) is 13.2 Å². The van der Waals surface area contributed by atoms with Crippen LogP contribution in [0.5, 0.6) is 0 Å². The summed E-state index contributed by atoms with van der Waals surface area (Å²) in [4.78, 5) is 17.2. The van der Waals surface area contributed by atoms with Crippen LogP contribution in [0, 0.1) is 23.2 Å². The number of rotatable bonds is 6. The molecule has 4 nitrogen and oxygen atoms in total. The summed E-state index contributed by atoms with van der Waals surface area (Å²) in [5.41, 5.74) is 1.31. The normalized spacial score (nSPS) is 32.9. The lowest BCUT2D eigenvalue weighted by molar-refractivity contribution is -0.127. The Hall–Kier alpha value is -1.36. The highest BCUT2D eigenvalue weighted by Gasteiger charge is 2.50. The van der Waals surface area contributed by atoms with Crippen molar-refractivity contribution >= 4 is 28.1 Å². The molecule has 0 radical (unpaired) electrons. The number of nitrogens with zero attached hydrogens (tertiary/aromatic N) is 1. The van der Waals surface area contributed by atoms with E-state index in [9.17, 15) is 4.79 Å². The maximum atomic E-state index is 12.1. The lowest BCUT2D eigenvalue weighted by Gasteiger charge is -2.56. The third kappa shape index (κ3) is 4.08. The van der Waals surface area contributed by atoms with Gasteiger partial charge < -0.3 is 10.2 Å². The highest BCUT2D eigenvalue weighted by Crippen LogP contribution is 2.59. The van der Waals surface area contributed by atoms with Gasteiger partial charge in [-0.1, -0.05) is 33.2 Å². The van der Waals surface area contributed by atoms with Crippen molar-refractivity contribution in [3.05, 3.63) is 34.3 Å². The number of carbonyl (C=O) groups is 1. The van der Waals surface area contributed by atoms with Crippen LogP contribution in [0.15, 0.2) is 33.9 Å². The van der Waals surface area contributed by atoms with Crippen molar-refractivity contribution in [3.63, 3.8) is 0 Å². The quantitative estimate of drug-likeness (QED) is 0.572. The smallest absolute Gasteiger partial charge is 0.260 e. The Morgan fingerprint density at radius 1 is 1.16 bits per heavy atom. The number of nitrogens with one attached hydrogen (secondary N) is 1. The van der Waals surface area contributed by atoms with Gasteiger partial charge in [-0.2, -0.15) is 0 Å². The first-order valence-electron chi connectivity index (χ1n) is 9.28. The van der Waals surface area contributed by atoms with E-state index in [2.05, 4.69) is 26.4 Å². The van der Waals surface area contributed by atoms with Gasteiger partial charge >= 0.3 is 0 Å². The molecule has 1 aromatic rings. The topological polar surface area (TPSA) is 50.7 Å². The highest BCUT2D eigenvalue weighted by atomic mass is 79.9. The molecule has 4 fully saturated rings. The molecule has 0 saturated heterocycles. The molecule has 1 aromatic carbocycles. The molecule has 1 amide bonds. The van der Waals surface area contributed by atoms with E-state index in [0.29, 0.717) is 5.41 Å². The Bertz CT molecular complexity index is 621. The Labute approximate surface area is 157 Å². The van der Waals surface area contributed by atoms with Crippen LogP contribution in [0.1, 0.15) is 44.1 Å². The molecule has 0 aliphatic heterocycles. The summed E-state index contributed by atoms with van der Waals surface area (Å²) in [5.74, 6) is 2.67. The summed E-state index contributed by atoms with van der Waals surface area (Å²) in [6.07, 6.45) is 9.84. The molecule has 0 aromatic heterocycles. The maximum Gasteiger partial charge on any atom is 0.260 e. The predicted octanol–water partition coefficient (Wildman–Crippen LogP) is 4.13. The van der Waals surface area contributed by atoms with Crippen molar-refractivity contribution in [3.8, 4) is 0 Å². The van der Waals surface area contributed by atoms with Crippen molar-refractivity contribution in [2.24, 2.45) is 28.3 Å². The zero-order chi connectivity index (χ0) is 17.3. The number of benzene rings is 1. The molecular weight excluding hydrogens is 380 g/mol. The van der Waals surface area contributed by atoms with E-state index in [0.717, 1.165) is 34.3 Å². The van der Waals surface area contributed by atoms with E-state index in [1.165, 1.54) is 38.5 Å². The van der Waals surface area contributed by atoms with Gasteiger partial charge in [0.1, 0.15) is 0 Å². The molecule has 0 heterocycles. The second-order valence-corrected chi connectivity index (χ2v) is 9.17. The summed E-state index contributed by atoms with van der Waals surface area (Å²) in [6, 6.07) is 7.76. The lowest BCUT2D eigenvalue weighted by Crippen LogP contribution is -2.51. The van der Waals surface area contributed by atoms with E-state index >= 15 is 0 Å². The van der Waals surface area contributed by atoms with E-state index in [1.807, 2.05) is 24.3 Å². The van der Waals surface area contributed by atoms with E-state index in [1.54, 1.807) is 6.21 Å². The summed E-state index contributed by atoms with van der Waals surface area (Å²) < 4.78 is 1.02. The Kier molecular flexibility index (Phi) is 4.85. The standard InChI is InChI=1S/C20H25BrN2O2/c21-18-3-1-14(2-4-18)11-23-25-12-19(24)22-13-20-8-15-5-16(9-20)7-17(6-15)10-20/h1-4,11,15-17H,5-10,12-13H2,(H,22,24)/b23-11-. The van der Waals surface area contributed by atoms with Gasteiger partial charge in [0.2, 0.25) is 0 Å². The molecule has 0 spiro atoms. The lowest BCUT2D eigenvalue weighted by atomic mass is 9.49. The van der Waals surface area contributed by atoms with Crippen molar-refractivity contribution in [1.82, 2.24) is 5.32 Å². The van der Waals surface area contributed by atoms with Crippen molar-refractivity contribution in [1.29, 1.82) is 0 Å². The monoisotopic (exact) mass is 404 g/mol. The molecular formula is C20H25BrN2O2. The first-order chi connectivity index (χ1) is 12.1. The Balaban J connectivity index is 1.21. The SMILES string of the molecule is O=C(CO/N=C\c1ccc(Br)cc1)NCC12CC3CC(CC(C3)C1)C2. The largest absolute Gasteiger partial charge is 0.386 e. The summed E-state index contributed by atoms with van der Waals surface area (Å²) >= 11 is 3.39. The van der Waals surface area contributed by atoms with Crippen molar-refractivity contribution in [2.45, 2.75) is 38.5 Å². The zero-order valence-electron chi connectivity index (χ0n) is 14.4. The fourth-order valence-corrected chi connectivity index (χ4v) is 5.85. The first-order valence-corrected chi connectivity index (χ1v) is 10.1. The van der Waals surface area contributed by atoms with E-state index in [4.69, 9.17) is 4.84 Å². The van der Waals surface area contributed by atoms with Crippen LogP contribution < -0.4 is 5.32 Å². The molecule has 0 unspecified atom stereocenters. The van der Waals surface area contributed by atoms with Crippen LogP contribution in [0.4, 0.5) is 0 Å². The fraction of sp³-hybridized carbons (Fsp3) is 0.600. The molecule has 0 atom stereocenters. The van der Waals surface area contributed by atoms with Crippen LogP contribution in [-0.2, 0) is 9.63 Å². The van der Waals surface area contributed by atoms with E-state index < -0.39 is 0 Å². The van der Waals surface area contributed by atoms with Gasteiger partial charge in [0, 0.05) is 11.0 Å². The molecule has 4 saturated carbocycles. The molecule has 1 N–H and O–H groups in total. The molecule has 5 heteroatoms. The van der Waals surface area contributed by atoms with Gasteiger partial charge in [-0.05, 0) is 79.4 Å². The fourth-order valence-electron chi connectivity index (χ4n) is 5.59. The van der Waals surface area contributed by atoms with Crippen LogP contribution in [0.3, 0.4) is 0 Å². The number of oxime groups is 1. The van der Waals surface area contributed by atoms with Crippen molar-refractivity contribution < 1.29 is 9.63 Å². The van der Waals surface area contributed by atoms with Crippen LogP contribution in [-0.4, -0.2) is 25.3 Å². The van der Waals surface area contributed by atoms with Gasteiger partial charge in [-0.3, -0.25) is 4.79 Å². The summed E-state index contributed by atoms with van der Waals surface area (Å²) in [6.45, 7) is 0.800. The molecule has 25 heavy (non-hydrogen) atoms. The van der Waals surface area contributed by atoms with Crippen LogP contribution in [0.25, 0.3) is 0 Å². The van der Waals surface area contributed by atoms with E-state index in [-0.39, 0.29) is 12.5 Å². The van der Waals surface area contributed by atoms with Gasteiger partial charge in [0.05, 0.1) is 6.21 Å². The summed E-state index contributed by atoms with van der Waals surface area (Å²) in [5, 5.41) is 6.99. The zero-order valence-corrected chi connectivity index (χ0v) is 16.0. The van der Waals surface area contributed by atoms with Crippen LogP contribution >= 0.6 is 15.9 Å². The van der Waals surface area contributed by atoms with Gasteiger partial charge in [-0.25, -0.2) is 0 Å². The predicted molar refractivity (Wildman–Crippen MR) is 101 cm³/mol. The molecule has 4 aliphatic carbocycles. The number of hydrogen-bond donors (Lipinski definition) is 1. The molecule has 134 valence electrons. The molecule has 4 bridgehead atoms. The molecule has 5 rings (SSSR count). The third-order valence-corrected chi connectivity index (χ3v) is 6.70. The number of hydrogen-bond acceptors (Lipinski definition) is 3. The first kappa shape index (κ1) is 17.1. The van der Waals surface area contributed by atoms with Gasteiger partial charge in [0.15, 0.2) is 6.61 Å². The maximum absolute atomic E-state index is 12.1. The second kappa shape index (κ2) is 7.10. The second-order valence-electron chi connectivity index (χ2n) is 8.25. The minimum atomic E-state index is -0.0660. The molecule has 4 aliphatic rings. The van der Waals surface area contributed by atoms with Gasteiger partial charge in [-0.15, -0.1) is 0 Å². The third-order valence-electron chi connectivity index (χ3n) is 6.17. The number of amides is 1. The number of carbonyl (C=O) groups excluding carboxylic acids is 1. The average Bonchev–Trinajstić information content (AvgIpc) is 2.57. The summed E-state index contributed by atoms with van der Waals surface area (Å²) in [7, 11) is 0. The average molecular weight is 405 g/mol. The minimum absolute atomic E-state index is 0.0145.